The van der Waals surface area contributed by atoms with Crippen LogP contribution in [0.1, 0.15) is 86.2 Å². The summed E-state index contributed by atoms with van der Waals surface area (Å²) in [5.74, 6) is 1.98. The van der Waals surface area contributed by atoms with E-state index in [1.165, 1.54) is 77.2 Å². The van der Waals surface area contributed by atoms with Crippen LogP contribution in [0.5, 0.6) is 5.75 Å². The van der Waals surface area contributed by atoms with Crippen molar-refractivity contribution in [2.45, 2.75) is 57.7 Å². The fraction of sp³-hybridized carbons (Fsp3) is 0.0990. The van der Waals surface area contributed by atoms with Crippen molar-refractivity contribution in [3.8, 4) is 41.0 Å². The number of methoxy groups -OCH3 is 1. The van der Waals surface area contributed by atoms with E-state index < -0.39 is 26.6 Å². The number of ether oxygens (including phenoxy) is 1. The lowest BCUT2D eigenvalue weighted by Crippen LogP contribution is -2.13. The summed E-state index contributed by atoms with van der Waals surface area (Å²) in [6.07, 6.45) is 9.94. The molecule has 132 heavy (non-hydrogen) atoms. The van der Waals surface area contributed by atoms with Crippen molar-refractivity contribution < 1.29 is 19.5 Å². The number of para-hydroxylation sites is 9. The highest BCUT2D eigenvalue weighted by atomic mass is 35.5. The number of nitrogen functional groups attached to an aromatic ring is 1. The number of nitrogens with one attached hydrogen (secondary N) is 1. The van der Waals surface area contributed by atoms with Gasteiger partial charge in [-0.15, -0.1) is 0 Å². The number of nitrogens with two attached hydrogens (primary N) is 2. The van der Waals surface area contributed by atoms with E-state index >= 15 is 0 Å². The predicted octanol–water partition coefficient (Wildman–Crippen LogP) is 20.2. The number of allylic oxidation sites excluding steroid dienone is 1. The number of aromatic nitrogens is 14. The second-order valence-electron chi connectivity index (χ2n) is 30.3. The smallest absolute Gasteiger partial charge is 0.306 e. The van der Waals surface area contributed by atoms with E-state index in [1.54, 1.807) is 19.4 Å². The van der Waals surface area contributed by atoms with Gasteiger partial charge in [0.15, 0.2) is 11.8 Å². The summed E-state index contributed by atoms with van der Waals surface area (Å²) < 4.78 is 14.0. The Morgan fingerprint density at radius 1 is 0.485 bits per heavy atom. The second kappa shape index (κ2) is 40.1. The molecule has 21 rings (SSSR count). The van der Waals surface area contributed by atoms with Crippen LogP contribution in [0, 0.1) is 71.3 Å². The molecule has 0 radical (unpaired) electrons. The molecule has 11 heterocycles. The number of halogens is 1. The summed E-state index contributed by atoms with van der Waals surface area (Å²) in [4.78, 5) is 78.3. The van der Waals surface area contributed by atoms with Gasteiger partial charge in [0.25, 0.3) is 11.4 Å². The zero-order chi connectivity index (χ0) is 91.7. The zero-order valence-electron chi connectivity index (χ0n) is 70.8. The van der Waals surface area contributed by atoms with Crippen LogP contribution >= 0.6 is 11.6 Å². The van der Waals surface area contributed by atoms with Crippen LogP contribution in [0.15, 0.2) is 333 Å². The average Bonchev–Trinajstić information content (AvgIpc) is 1.57. The molecule has 19 aromatic rings. The van der Waals surface area contributed by atoms with Crippen LogP contribution in [0.3, 0.4) is 0 Å². The van der Waals surface area contributed by atoms with E-state index in [2.05, 4.69) is 140 Å². The van der Waals surface area contributed by atoms with Gasteiger partial charge in [0, 0.05) is 99.1 Å². The van der Waals surface area contributed by atoms with Crippen molar-refractivity contribution in [2.75, 3.05) is 12.8 Å². The quantitative estimate of drug-likeness (QED) is 0.0408. The minimum absolute atomic E-state index is 0.0764. The Balaban J connectivity index is 0.000000120. The molecule has 9 aromatic carbocycles. The van der Waals surface area contributed by atoms with Gasteiger partial charge in [0.2, 0.25) is 5.15 Å². The van der Waals surface area contributed by atoms with Crippen LogP contribution in [-0.2, 0) is 32.5 Å². The van der Waals surface area contributed by atoms with Crippen LogP contribution in [0.2, 0.25) is 5.15 Å². The SMILES string of the molecule is COc1cc(C)cc(-n2c(N)c(-c3nc4ccccc4n3Cc3ccccc3)c3ncccc32)c1.N#CC(c1nc2ccccc2[nH]1)c1ncccc1[N+](=O)[O-].N#CC(c1ncccc1[N+](=O)[O-])c1nc2ccccc2n1Cc1ccccc1.N#CCC1=Nc2ccccc2C1.NC1=C(c2nc3ccccc3n2Cc2ccccc2)c2ncccc2C1.O=[N+]([O-])c1cccnc1Cl. The summed E-state index contributed by atoms with van der Waals surface area (Å²) in [6, 6.07) is 98.8. The number of aryl methyl sites for hydroxylation is 1. The monoisotopic (exact) mass is 1760 g/mol. The summed E-state index contributed by atoms with van der Waals surface area (Å²) in [5.41, 5.74) is 35.3. The fourth-order valence-electron chi connectivity index (χ4n) is 15.8. The molecule has 0 bridgehead atoms. The van der Waals surface area contributed by atoms with E-state index in [-0.39, 0.29) is 33.6 Å². The summed E-state index contributed by atoms with van der Waals surface area (Å²) >= 11 is 5.37. The minimum atomic E-state index is -0.960. The average molecular weight is 1760 g/mol. The van der Waals surface area contributed by atoms with Crippen LogP contribution in [0.4, 0.5) is 28.6 Å². The van der Waals surface area contributed by atoms with Gasteiger partial charge in [-0.25, -0.2) is 24.9 Å². The molecule has 0 fully saturated rings. The number of H-pyrrole nitrogens is 1. The number of hydrogen-bond donors (Lipinski definition) is 3. The Morgan fingerprint density at radius 3 is 1.53 bits per heavy atom. The molecular formula is C101H78ClN23O7. The van der Waals surface area contributed by atoms with Gasteiger partial charge < -0.3 is 34.9 Å². The maximum atomic E-state index is 11.5. The topological polar surface area (TPSA) is 426 Å². The van der Waals surface area contributed by atoms with Crippen molar-refractivity contribution in [3.05, 3.63) is 431 Å². The number of fused-ring (bicyclic) bond motifs is 7. The molecule has 646 valence electrons. The number of imidazole rings is 4. The molecule has 0 amide bonds. The number of hydrogen-bond acceptors (Lipinski definition) is 22. The first-order valence-corrected chi connectivity index (χ1v) is 41.8. The third-order valence-corrected chi connectivity index (χ3v) is 22.1. The number of pyridine rings is 5. The molecule has 0 saturated heterocycles. The number of rotatable bonds is 18. The number of nitro groups is 3. The molecule has 30 nitrogen and oxygen atoms in total. The highest BCUT2D eigenvalue weighted by molar-refractivity contribution is 6.31. The molecule has 2 unspecified atom stereocenters. The van der Waals surface area contributed by atoms with E-state index in [0.29, 0.717) is 42.5 Å². The molecule has 1 aliphatic carbocycles. The Morgan fingerprint density at radius 2 is 0.962 bits per heavy atom. The molecule has 5 N–H and O–H groups in total. The fourth-order valence-corrected chi connectivity index (χ4v) is 16.0. The number of anilines is 1. The number of aromatic amines is 1. The van der Waals surface area contributed by atoms with Crippen LogP contribution in [-0.4, -0.2) is 95.7 Å². The van der Waals surface area contributed by atoms with Gasteiger partial charge in [-0.3, -0.25) is 59.8 Å². The number of benzene rings is 9. The van der Waals surface area contributed by atoms with Gasteiger partial charge in [-0.1, -0.05) is 175 Å². The number of aliphatic imine (C=N–C) groups is 1. The van der Waals surface area contributed by atoms with Crippen molar-refractivity contribution in [1.82, 2.24) is 68.1 Å². The van der Waals surface area contributed by atoms with E-state index in [1.807, 2.05) is 198 Å². The minimum Gasteiger partial charge on any atom is -0.497 e. The third kappa shape index (κ3) is 19.0. The first kappa shape index (κ1) is 87.4. The largest absolute Gasteiger partial charge is 0.497 e. The lowest BCUT2D eigenvalue weighted by atomic mass is 10.0. The zero-order valence-corrected chi connectivity index (χ0v) is 71.6. The Labute approximate surface area is 759 Å². The van der Waals surface area contributed by atoms with E-state index in [4.69, 9.17) is 48.0 Å². The van der Waals surface area contributed by atoms with Gasteiger partial charge >= 0.3 is 5.69 Å². The molecule has 2 atom stereocenters. The Hall–Kier alpha value is -18.1. The van der Waals surface area contributed by atoms with Gasteiger partial charge in [0.05, 0.1) is 124 Å². The highest BCUT2D eigenvalue weighted by Gasteiger charge is 2.33. The van der Waals surface area contributed by atoms with Crippen molar-refractivity contribution >= 4 is 107 Å². The highest BCUT2D eigenvalue weighted by Crippen LogP contribution is 2.42. The Bertz CT molecular complexity index is 7690. The molecule has 2 aliphatic rings. The standard InChI is InChI=1S/C29H25N5O.C22H18N4.C21H15N5O2.C14H9N5O2.C10H8N2.C5H3ClN2O2/c1-19-15-21(17-22(16-19)35-2)34-25-13-8-14-31-27(25)26(28(34)30)29-32-23-11-6-7-12-24(23)33(29)18-20-9-4-3-5-10-20;23-17-13-16-9-6-12-24-21(16)20(17)22-25-18-10-4-5-11-19(18)26(22)14-15-7-2-1-3-8-15;22-13-16(20-19(26(27)28)11-6-12-23-20)21-24-17-9-4-5-10-18(17)25(21)14-15-7-2-1-3-8-15;15-8-9(13-12(19(20)21)6-3-7-16-13)14-17-10-4-1-2-5-11(10)18-14;11-6-5-9-7-8-3-1-2-4-10(8)12-9;6-5-4(8(9)10)2-1-3-7-5/h3-17H,18,30H2,1-2H3;1-12H,13-14,23H2;1-12,16H,14H2;1-7,9H,(H,17,18);1-4H,5,7H2;1-3H. The summed E-state index contributed by atoms with van der Waals surface area (Å²) in [6.45, 7) is 3.96. The first-order chi connectivity index (χ1) is 64.4. The van der Waals surface area contributed by atoms with Gasteiger partial charge in [-0.05, 0) is 143 Å². The summed E-state index contributed by atoms with van der Waals surface area (Å²) in [7, 11) is 1.68. The van der Waals surface area contributed by atoms with Crippen molar-refractivity contribution in [1.29, 1.82) is 15.8 Å². The number of nitrogens with zero attached hydrogens (tertiary/aromatic N) is 20. The maximum absolute atomic E-state index is 11.5. The van der Waals surface area contributed by atoms with Crippen LogP contribution in [0.25, 0.3) is 77.8 Å². The van der Waals surface area contributed by atoms with Gasteiger partial charge in [-0.2, -0.15) is 15.8 Å². The van der Waals surface area contributed by atoms with Crippen LogP contribution < -0.4 is 16.2 Å². The molecule has 1 aliphatic heterocycles. The molecule has 10 aromatic heterocycles. The van der Waals surface area contributed by atoms with Gasteiger partial charge in [0.1, 0.15) is 51.8 Å². The molecule has 31 heteroatoms. The van der Waals surface area contributed by atoms with E-state index in [0.717, 1.165) is 137 Å². The number of nitriles is 3. The normalized spacial score (nSPS) is 12.0. The van der Waals surface area contributed by atoms with E-state index in [9.17, 15) is 40.9 Å². The maximum Gasteiger partial charge on any atom is 0.306 e. The lowest BCUT2D eigenvalue weighted by Gasteiger charge is -2.13. The first-order valence-electron chi connectivity index (χ1n) is 41.5. The second-order valence-corrected chi connectivity index (χ2v) is 30.6. The third-order valence-electron chi connectivity index (χ3n) is 21.8. The lowest BCUT2D eigenvalue weighted by molar-refractivity contribution is -0.386. The molecule has 0 spiro atoms. The van der Waals surface area contributed by atoms with Crippen molar-refractivity contribution in [3.63, 3.8) is 0 Å². The molecule has 0 saturated carbocycles. The predicted molar refractivity (Wildman–Crippen MR) is 506 cm³/mol. The summed E-state index contributed by atoms with van der Waals surface area (Å²) in [5, 5.41) is 60.3. The molecular weight excluding hydrogens is 1680 g/mol. The Kier molecular flexibility index (Phi) is 26.5. The van der Waals surface area contributed by atoms with Crippen molar-refractivity contribution in [2.24, 2.45) is 10.7 Å².